The Morgan fingerprint density at radius 2 is 1.81 bits per heavy atom. The summed E-state index contributed by atoms with van der Waals surface area (Å²) in [4.78, 5) is 0. The van der Waals surface area contributed by atoms with E-state index in [0.717, 1.165) is 17.2 Å². The number of halogens is 2. The van der Waals surface area contributed by atoms with Gasteiger partial charge in [0.05, 0.1) is 5.56 Å². The molecule has 0 spiro atoms. The fraction of sp³-hybridized carbons (Fsp3) is 0.0952. The highest BCUT2D eigenvalue weighted by Crippen LogP contribution is 2.47. The minimum absolute atomic E-state index is 0.0329. The van der Waals surface area contributed by atoms with Gasteiger partial charge in [0.25, 0.3) is 0 Å². The van der Waals surface area contributed by atoms with Gasteiger partial charge < -0.3 is 10.2 Å². The number of nitrogens with zero attached hydrogens (tertiary/aromatic N) is 1. The van der Waals surface area contributed by atoms with Crippen LogP contribution in [-0.4, -0.2) is 10.2 Å². The Kier molecular flexibility index (Phi) is 3.97. The van der Waals surface area contributed by atoms with Crippen molar-refractivity contribution in [1.82, 2.24) is 0 Å². The lowest BCUT2D eigenvalue weighted by Gasteiger charge is -2.11. The highest BCUT2D eigenvalue weighted by molar-refractivity contribution is 7.08. The molecule has 0 fully saturated rings. The molecule has 2 aromatic carbocycles. The van der Waals surface area contributed by atoms with Crippen LogP contribution < -0.4 is 0 Å². The number of hydrogen-bond donors (Lipinski definition) is 2. The van der Waals surface area contributed by atoms with Gasteiger partial charge in [0.15, 0.2) is 11.6 Å². The van der Waals surface area contributed by atoms with Crippen LogP contribution in [0.15, 0.2) is 35.0 Å². The molecule has 2 N–H and O–H groups in total. The van der Waals surface area contributed by atoms with Crippen LogP contribution in [0.2, 0.25) is 0 Å². The summed E-state index contributed by atoms with van der Waals surface area (Å²) in [6.07, 6.45) is 0.332. The molecule has 0 saturated carbocycles. The fourth-order valence-corrected chi connectivity index (χ4v) is 4.34. The third kappa shape index (κ3) is 2.59. The van der Waals surface area contributed by atoms with Crippen molar-refractivity contribution >= 4 is 22.5 Å². The Bertz CT molecular complexity index is 1170. The maximum absolute atomic E-state index is 14.6. The van der Waals surface area contributed by atoms with E-state index in [1.807, 2.05) is 6.92 Å². The average Bonchev–Trinajstić information content (AvgIpc) is 3.23. The quantitative estimate of drug-likeness (QED) is 0.647. The second kappa shape index (κ2) is 6.22. The Labute approximate surface area is 158 Å². The molecule has 0 aliphatic heterocycles. The first kappa shape index (κ1) is 17.3. The number of hydrogen-bond acceptors (Lipinski definition) is 4. The van der Waals surface area contributed by atoms with Crippen molar-refractivity contribution < 1.29 is 19.0 Å². The number of phenols is 2. The first-order chi connectivity index (χ1) is 12.9. The Hall–Kier alpha value is -3.17. The Morgan fingerprint density at radius 3 is 2.56 bits per heavy atom. The Morgan fingerprint density at radius 1 is 1.04 bits per heavy atom. The monoisotopic (exact) mass is 381 g/mol. The van der Waals surface area contributed by atoms with Gasteiger partial charge in [-0.2, -0.15) is 21.0 Å². The zero-order valence-electron chi connectivity index (χ0n) is 14.2. The normalized spacial score (nSPS) is 13.0. The van der Waals surface area contributed by atoms with Gasteiger partial charge in [-0.05, 0) is 70.8 Å². The number of phenolic OH excluding ortho intramolecular Hbond substituents is 2. The minimum Gasteiger partial charge on any atom is -0.508 e. The number of nitriles is 1. The lowest BCUT2D eigenvalue weighted by molar-refractivity contribution is 0.406. The molecule has 0 atom stereocenters. The number of aryl methyl sites for hydroxylation is 1. The van der Waals surface area contributed by atoms with Crippen LogP contribution in [0.25, 0.3) is 11.1 Å². The lowest BCUT2D eigenvalue weighted by atomic mass is 9.93. The highest BCUT2D eigenvalue weighted by atomic mass is 32.1. The Balaban J connectivity index is 2.07. The van der Waals surface area contributed by atoms with Crippen LogP contribution in [0.4, 0.5) is 8.78 Å². The molecular weight excluding hydrogens is 368 g/mol. The summed E-state index contributed by atoms with van der Waals surface area (Å²) in [6, 6.07) is 7.78. The largest absolute Gasteiger partial charge is 0.508 e. The van der Waals surface area contributed by atoms with E-state index in [9.17, 15) is 24.3 Å². The van der Waals surface area contributed by atoms with Gasteiger partial charge >= 0.3 is 0 Å². The first-order valence-electron chi connectivity index (χ1n) is 8.12. The van der Waals surface area contributed by atoms with Crippen molar-refractivity contribution in [3.63, 3.8) is 0 Å². The summed E-state index contributed by atoms with van der Waals surface area (Å²) >= 11 is 1.34. The molecule has 3 nitrogen and oxygen atoms in total. The van der Waals surface area contributed by atoms with Crippen molar-refractivity contribution in [3.8, 4) is 17.6 Å². The van der Waals surface area contributed by atoms with Gasteiger partial charge in [-0.1, -0.05) is 0 Å². The van der Waals surface area contributed by atoms with Crippen LogP contribution in [0, 0.1) is 29.9 Å². The molecule has 134 valence electrons. The first-order valence-corrected chi connectivity index (χ1v) is 9.06. The molecule has 1 aliphatic rings. The number of benzene rings is 2. The van der Waals surface area contributed by atoms with Crippen molar-refractivity contribution in [3.05, 3.63) is 80.0 Å². The van der Waals surface area contributed by atoms with Gasteiger partial charge in [-0.15, -0.1) is 0 Å². The predicted molar refractivity (Wildman–Crippen MR) is 99.5 cm³/mol. The van der Waals surface area contributed by atoms with Crippen LogP contribution >= 0.6 is 11.3 Å². The second-order valence-electron chi connectivity index (χ2n) is 6.39. The zero-order valence-corrected chi connectivity index (χ0v) is 15.0. The summed E-state index contributed by atoms with van der Waals surface area (Å²) in [5.74, 6) is -3.13. The summed E-state index contributed by atoms with van der Waals surface area (Å²) < 4.78 is 28.6. The number of aromatic hydroxyl groups is 2. The number of fused-ring (bicyclic) bond motifs is 1. The summed E-state index contributed by atoms with van der Waals surface area (Å²) in [5.41, 5.74) is 4.62. The highest BCUT2D eigenvalue weighted by Gasteiger charge is 2.30. The standard InChI is InChI=1S/C21H13F2NO2S/c1-10-4-12(25)5-15-14(10)6-16(13-2-3-18(26)21(23)20(13)22)19(15)17-9-27-8-11(17)7-24/h2-5,8-9,25-26H,6H2,1H3. The topological polar surface area (TPSA) is 64.2 Å². The van der Waals surface area contributed by atoms with Crippen molar-refractivity contribution in [2.45, 2.75) is 13.3 Å². The minimum atomic E-state index is -1.30. The van der Waals surface area contributed by atoms with E-state index in [-0.39, 0.29) is 11.3 Å². The van der Waals surface area contributed by atoms with Crippen LogP contribution in [0.5, 0.6) is 11.5 Å². The van der Waals surface area contributed by atoms with Crippen LogP contribution in [-0.2, 0) is 6.42 Å². The smallest absolute Gasteiger partial charge is 0.200 e. The maximum Gasteiger partial charge on any atom is 0.200 e. The van der Waals surface area contributed by atoms with E-state index in [0.29, 0.717) is 34.3 Å². The van der Waals surface area contributed by atoms with Gasteiger partial charge in [0.2, 0.25) is 5.82 Å². The lowest BCUT2D eigenvalue weighted by Crippen LogP contribution is -1.97. The molecule has 6 heteroatoms. The third-order valence-electron chi connectivity index (χ3n) is 4.82. The molecular formula is C21H13F2NO2S. The maximum atomic E-state index is 14.6. The van der Waals surface area contributed by atoms with Crippen molar-refractivity contribution in [2.75, 3.05) is 0 Å². The average molecular weight is 381 g/mol. The van der Waals surface area contributed by atoms with Gasteiger partial charge in [0.1, 0.15) is 11.8 Å². The van der Waals surface area contributed by atoms with Gasteiger partial charge in [-0.3, -0.25) is 0 Å². The van der Waals surface area contributed by atoms with Gasteiger partial charge in [-0.25, -0.2) is 4.39 Å². The molecule has 1 heterocycles. The SMILES string of the molecule is Cc1cc(O)cc2c1CC(c1ccc(O)c(F)c1F)=C2c1cscc1C#N. The second-order valence-corrected chi connectivity index (χ2v) is 7.13. The number of allylic oxidation sites excluding steroid dienone is 1. The molecule has 0 saturated heterocycles. The molecule has 27 heavy (non-hydrogen) atoms. The summed E-state index contributed by atoms with van der Waals surface area (Å²) in [7, 11) is 0. The zero-order chi connectivity index (χ0) is 19.3. The van der Waals surface area contributed by atoms with E-state index >= 15 is 0 Å². The number of rotatable bonds is 2. The molecule has 0 amide bonds. The predicted octanol–water partition coefficient (Wildman–Crippen LogP) is 5.13. The van der Waals surface area contributed by atoms with E-state index < -0.39 is 17.4 Å². The van der Waals surface area contributed by atoms with Crippen molar-refractivity contribution in [2.24, 2.45) is 0 Å². The molecule has 4 rings (SSSR count). The third-order valence-corrected chi connectivity index (χ3v) is 5.56. The fourth-order valence-electron chi connectivity index (χ4n) is 3.57. The molecule has 0 unspecified atom stereocenters. The van der Waals surface area contributed by atoms with Crippen LogP contribution in [0.1, 0.15) is 33.4 Å². The van der Waals surface area contributed by atoms with Gasteiger partial charge in [0, 0.05) is 16.5 Å². The summed E-state index contributed by atoms with van der Waals surface area (Å²) in [6.45, 7) is 1.84. The van der Waals surface area contributed by atoms with E-state index in [2.05, 4.69) is 6.07 Å². The van der Waals surface area contributed by atoms with E-state index in [4.69, 9.17) is 0 Å². The molecule has 3 aromatic rings. The molecule has 1 aliphatic carbocycles. The van der Waals surface area contributed by atoms with E-state index in [1.165, 1.54) is 17.4 Å². The van der Waals surface area contributed by atoms with Crippen LogP contribution in [0.3, 0.4) is 0 Å². The molecule has 1 aromatic heterocycles. The van der Waals surface area contributed by atoms with Crippen molar-refractivity contribution in [1.29, 1.82) is 5.26 Å². The molecule has 0 bridgehead atoms. The molecule has 0 radical (unpaired) electrons. The van der Waals surface area contributed by atoms with E-state index in [1.54, 1.807) is 22.9 Å². The number of thiophene rings is 1. The summed E-state index contributed by atoms with van der Waals surface area (Å²) in [5, 5.41) is 32.4.